The minimum atomic E-state index is -2.02. The van der Waals surface area contributed by atoms with Crippen LogP contribution in [-0.2, 0) is 42.8 Å². The van der Waals surface area contributed by atoms with Crippen LogP contribution in [0.2, 0.25) is 0 Å². The number of aliphatic hydroxyl groups is 1. The molecule has 7 atom stereocenters. The fraction of sp³-hybridized carbons (Fsp3) is 0.542. The molecule has 192 valence electrons. The molecule has 0 spiro atoms. The van der Waals surface area contributed by atoms with Gasteiger partial charge in [-0.15, -0.1) is 6.58 Å². The highest BCUT2D eigenvalue weighted by Crippen LogP contribution is 2.39. The van der Waals surface area contributed by atoms with Crippen LogP contribution in [0.1, 0.15) is 32.1 Å². The van der Waals surface area contributed by atoms with E-state index in [1.54, 1.807) is 24.3 Å². The molecular formula is C24H31NO10. The van der Waals surface area contributed by atoms with E-state index in [0.717, 1.165) is 7.11 Å². The van der Waals surface area contributed by atoms with Crippen LogP contribution in [-0.4, -0.2) is 79.5 Å². The van der Waals surface area contributed by atoms with Gasteiger partial charge in [-0.05, 0) is 0 Å². The zero-order valence-electron chi connectivity index (χ0n) is 19.9. The first-order valence-electron chi connectivity index (χ1n) is 11.2. The number of aliphatic hydroxyl groups excluding tert-OH is 1. The van der Waals surface area contributed by atoms with Crippen molar-refractivity contribution < 1.29 is 47.9 Å². The molecule has 0 radical (unpaired) electrons. The molecule has 2 aliphatic heterocycles. The van der Waals surface area contributed by atoms with E-state index in [1.807, 2.05) is 6.07 Å². The van der Waals surface area contributed by atoms with Crippen molar-refractivity contribution in [2.24, 2.45) is 0 Å². The van der Waals surface area contributed by atoms with Gasteiger partial charge in [0.15, 0.2) is 6.29 Å². The third-order valence-corrected chi connectivity index (χ3v) is 5.64. The van der Waals surface area contributed by atoms with Crippen LogP contribution in [0, 0.1) is 0 Å². The minimum absolute atomic E-state index is 0.0940. The third kappa shape index (κ3) is 6.24. The summed E-state index contributed by atoms with van der Waals surface area (Å²) in [4.78, 5) is 36.9. The van der Waals surface area contributed by atoms with Crippen molar-refractivity contribution in [3.63, 3.8) is 0 Å². The first-order chi connectivity index (χ1) is 16.7. The Kier molecular flexibility index (Phi) is 8.98. The average molecular weight is 494 g/mol. The molecule has 11 nitrogen and oxygen atoms in total. The number of rotatable bonds is 8. The third-order valence-electron chi connectivity index (χ3n) is 5.64. The molecule has 3 rings (SSSR count). The van der Waals surface area contributed by atoms with Crippen molar-refractivity contribution >= 4 is 17.8 Å². The quantitative estimate of drug-likeness (QED) is 0.394. The number of carbonyl (C=O) groups is 3. The predicted octanol–water partition coefficient (Wildman–Crippen LogP) is 0.759. The summed E-state index contributed by atoms with van der Waals surface area (Å²) in [6, 6.07) is 8.04. The van der Waals surface area contributed by atoms with E-state index in [4.69, 9.17) is 28.4 Å². The number of methoxy groups -OCH3 is 1. The second kappa shape index (κ2) is 11.7. The highest BCUT2D eigenvalue weighted by atomic mass is 16.8. The van der Waals surface area contributed by atoms with E-state index < -0.39 is 60.4 Å². The van der Waals surface area contributed by atoms with Gasteiger partial charge in [0.1, 0.15) is 24.4 Å². The van der Waals surface area contributed by atoms with Gasteiger partial charge in [0.25, 0.3) is 5.79 Å². The zero-order valence-corrected chi connectivity index (χ0v) is 19.9. The average Bonchev–Trinajstić information content (AvgIpc) is 2.84. The number of benzene rings is 1. The monoisotopic (exact) mass is 493 g/mol. The first kappa shape index (κ1) is 26.8. The molecule has 0 unspecified atom stereocenters. The molecular weight excluding hydrogens is 462 g/mol. The Labute approximate surface area is 203 Å². The van der Waals surface area contributed by atoms with Crippen LogP contribution in [0.25, 0.3) is 0 Å². The van der Waals surface area contributed by atoms with Crippen molar-refractivity contribution in [1.82, 2.24) is 5.32 Å². The van der Waals surface area contributed by atoms with Crippen LogP contribution in [0.5, 0.6) is 0 Å². The molecule has 2 heterocycles. The lowest BCUT2D eigenvalue weighted by Gasteiger charge is -2.49. The van der Waals surface area contributed by atoms with Crippen molar-refractivity contribution in [3.8, 4) is 0 Å². The van der Waals surface area contributed by atoms with Gasteiger partial charge >= 0.3 is 11.9 Å². The highest BCUT2D eigenvalue weighted by Gasteiger charge is 2.58. The Hall–Kier alpha value is -2.83. The van der Waals surface area contributed by atoms with Crippen LogP contribution >= 0.6 is 0 Å². The van der Waals surface area contributed by atoms with Gasteiger partial charge in [-0.25, -0.2) is 4.79 Å². The number of esters is 2. The summed E-state index contributed by atoms with van der Waals surface area (Å²) in [5.41, 5.74) is 0.690. The molecule has 11 heteroatoms. The first-order valence-corrected chi connectivity index (χ1v) is 11.2. The topological polar surface area (TPSA) is 139 Å². The van der Waals surface area contributed by atoms with Gasteiger partial charge in [-0.3, -0.25) is 9.59 Å². The van der Waals surface area contributed by atoms with Gasteiger partial charge in [0.05, 0.1) is 32.8 Å². The van der Waals surface area contributed by atoms with Crippen molar-refractivity contribution in [2.75, 3.05) is 20.3 Å². The maximum atomic E-state index is 12.9. The number of carbonyl (C=O) groups excluding carboxylic acids is 3. The Morgan fingerprint density at radius 2 is 1.94 bits per heavy atom. The molecule has 0 aromatic heterocycles. The van der Waals surface area contributed by atoms with Crippen molar-refractivity contribution in [1.29, 1.82) is 0 Å². The largest absolute Gasteiger partial charge is 0.465 e. The second-order valence-corrected chi connectivity index (χ2v) is 8.25. The Morgan fingerprint density at radius 1 is 1.23 bits per heavy atom. The van der Waals surface area contributed by atoms with Gasteiger partial charge in [0.2, 0.25) is 5.91 Å². The summed E-state index contributed by atoms with van der Waals surface area (Å²) >= 11 is 0. The maximum Gasteiger partial charge on any atom is 0.366 e. The van der Waals surface area contributed by atoms with E-state index in [-0.39, 0.29) is 19.6 Å². The maximum absolute atomic E-state index is 12.9. The second-order valence-electron chi connectivity index (χ2n) is 8.25. The Bertz CT molecular complexity index is 909. The fourth-order valence-electron chi connectivity index (χ4n) is 4.22. The molecule has 0 aliphatic carbocycles. The number of nitrogens with one attached hydrogen (secondary N) is 1. The molecule has 2 aliphatic rings. The molecule has 1 aromatic carbocycles. The molecule has 0 bridgehead atoms. The van der Waals surface area contributed by atoms with Gasteiger partial charge in [-0.1, -0.05) is 36.4 Å². The SMILES string of the molecule is C=CCO[C@]1(C(=O)OC)C[C@H](OC(C)=O)[C@@H](NC(C)=O)[C@H]([C@@H]2O[C@H](c3ccccc3)OC[C@H]2O)O1. The summed E-state index contributed by atoms with van der Waals surface area (Å²) in [6.07, 6.45) is -4.33. The van der Waals surface area contributed by atoms with Crippen molar-refractivity contribution in [2.45, 2.75) is 62.8 Å². The summed E-state index contributed by atoms with van der Waals surface area (Å²) < 4.78 is 34.0. The standard InChI is InChI=1S/C24H31NO10/c1-5-11-32-24(23(29)30-4)12-18(33-15(3)27)19(25-14(2)26)21(35-24)20-17(28)13-31-22(34-20)16-9-7-6-8-10-16/h5-10,17-22,28H,1,11-13H2,2-4H3,(H,25,26)/t17-,18+,19-,20-,21-,22-,24-/m1/s1. The van der Waals surface area contributed by atoms with E-state index in [2.05, 4.69) is 11.9 Å². The Balaban J connectivity index is 2.04. The molecule has 1 amide bonds. The lowest BCUT2D eigenvalue weighted by molar-refractivity contribution is -0.340. The summed E-state index contributed by atoms with van der Waals surface area (Å²) in [6.45, 7) is 5.86. The number of hydrogen-bond donors (Lipinski definition) is 2. The van der Waals surface area contributed by atoms with Crippen LogP contribution in [0.15, 0.2) is 43.0 Å². The summed E-state index contributed by atoms with van der Waals surface area (Å²) in [7, 11) is 1.16. The summed E-state index contributed by atoms with van der Waals surface area (Å²) in [5.74, 6) is -4.00. The van der Waals surface area contributed by atoms with Gasteiger partial charge in [-0.2, -0.15) is 0 Å². The van der Waals surface area contributed by atoms with Crippen molar-refractivity contribution in [3.05, 3.63) is 48.6 Å². The normalized spacial score (nSPS) is 32.8. The summed E-state index contributed by atoms with van der Waals surface area (Å²) in [5, 5.41) is 13.5. The molecule has 1 aromatic rings. The number of hydrogen-bond acceptors (Lipinski definition) is 10. The molecule has 35 heavy (non-hydrogen) atoms. The number of amides is 1. The predicted molar refractivity (Wildman–Crippen MR) is 120 cm³/mol. The number of ether oxygens (including phenoxy) is 6. The van der Waals surface area contributed by atoms with Crippen LogP contribution in [0.3, 0.4) is 0 Å². The van der Waals surface area contributed by atoms with Gasteiger partial charge in [0, 0.05) is 19.4 Å². The van der Waals surface area contributed by atoms with Crippen LogP contribution < -0.4 is 5.32 Å². The Morgan fingerprint density at radius 3 is 2.54 bits per heavy atom. The lowest BCUT2D eigenvalue weighted by atomic mass is 9.87. The molecule has 2 fully saturated rings. The zero-order chi connectivity index (χ0) is 25.6. The van der Waals surface area contributed by atoms with E-state index >= 15 is 0 Å². The smallest absolute Gasteiger partial charge is 0.366 e. The minimum Gasteiger partial charge on any atom is -0.465 e. The lowest BCUT2D eigenvalue weighted by Crippen LogP contribution is -2.69. The highest BCUT2D eigenvalue weighted by molar-refractivity contribution is 5.78. The fourth-order valence-corrected chi connectivity index (χ4v) is 4.22. The molecule has 0 saturated carbocycles. The van der Waals surface area contributed by atoms with Crippen LogP contribution in [0.4, 0.5) is 0 Å². The molecule has 2 N–H and O–H groups in total. The van der Waals surface area contributed by atoms with E-state index in [0.29, 0.717) is 5.56 Å². The van der Waals surface area contributed by atoms with E-state index in [1.165, 1.54) is 19.9 Å². The molecule has 2 saturated heterocycles. The van der Waals surface area contributed by atoms with E-state index in [9.17, 15) is 19.5 Å². The van der Waals surface area contributed by atoms with Gasteiger partial charge < -0.3 is 38.8 Å².